The number of nitrogens with one attached hydrogen (secondary N) is 2. The fourth-order valence-electron chi connectivity index (χ4n) is 4.95. The van der Waals surface area contributed by atoms with E-state index in [0.29, 0.717) is 28.7 Å². The van der Waals surface area contributed by atoms with Crippen LogP contribution in [-0.2, 0) is 11.2 Å². The first-order valence-corrected chi connectivity index (χ1v) is 13.8. The zero-order valence-corrected chi connectivity index (χ0v) is 23.1. The molecular formula is C32H31FN6O3. The normalized spacial score (nSPS) is 14.1. The standard InChI is InChI=1S/C32H31FN6O3/c1-38-16-14-26(15-17-38)42-27-11-12-28(29(40)19-27)35-32-36-30-13-6-23(20-39(30)37-32)22-4-9-25(10-5-22)34-31(41)18-21-2-7-24(33)8-3-21/h2-13,19-20,26,40H,14-18H2,1H3,(H,34,41)(H,35,37). The number of hydrogen-bond acceptors (Lipinski definition) is 7. The van der Waals surface area contributed by atoms with Gasteiger partial charge in [0.05, 0.1) is 12.1 Å². The topological polar surface area (TPSA) is 104 Å². The summed E-state index contributed by atoms with van der Waals surface area (Å²) in [5.41, 5.74) is 4.40. The van der Waals surface area contributed by atoms with Gasteiger partial charge in [-0.25, -0.2) is 8.91 Å². The van der Waals surface area contributed by atoms with E-state index in [9.17, 15) is 14.3 Å². The van der Waals surface area contributed by atoms with E-state index in [1.165, 1.54) is 12.1 Å². The van der Waals surface area contributed by atoms with Crippen molar-refractivity contribution in [3.05, 3.63) is 96.4 Å². The molecule has 0 spiro atoms. The number of carbonyl (C=O) groups excluding carboxylic acids is 1. The van der Waals surface area contributed by atoms with E-state index in [2.05, 4.69) is 32.7 Å². The van der Waals surface area contributed by atoms with Gasteiger partial charge < -0.3 is 25.4 Å². The Labute approximate surface area is 242 Å². The maximum absolute atomic E-state index is 13.1. The number of benzene rings is 3. The van der Waals surface area contributed by atoms with E-state index >= 15 is 0 Å². The number of phenolic OH excluding ortho intramolecular Hbond substituents is 1. The van der Waals surface area contributed by atoms with E-state index in [1.54, 1.807) is 28.8 Å². The number of anilines is 3. The second kappa shape index (κ2) is 11.9. The zero-order valence-electron chi connectivity index (χ0n) is 23.1. The maximum Gasteiger partial charge on any atom is 0.247 e. The highest BCUT2D eigenvalue weighted by atomic mass is 19.1. The molecule has 3 N–H and O–H groups in total. The number of rotatable bonds is 8. The number of pyridine rings is 1. The van der Waals surface area contributed by atoms with Gasteiger partial charge in [-0.05, 0) is 79.5 Å². The molecule has 10 heteroatoms. The highest BCUT2D eigenvalue weighted by molar-refractivity contribution is 5.92. The SMILES string of the molecule is CN1CCC(Oc2ccc(Nc3nc4ccc(-c5ccc(NC(=O)Cc6ccc(F)cc6)cc5)cn4n3)c(O)c2)CC1. The van der Waals surface area contributed by atoms with Gasteiger partial charge >= 0.3 is 0 Å². The van der Waals surface area contributed by atoms with Gasteiger partial charge in [-0.1, -0.05) is 24.3 Å². The number of halogens is 1. The molecule has 1 fully saturated rings. The second-order valence-corrected chi connectivity index (χ2v) is 10.5. The molecule has 1 aliphatic heterocycles. The van der Waals surface area contributed by atoms with Gasteiger partial charge in [0.1, 0.15) is 23.4 Å². The summed E-state index contributed by atoms with van der Waals surface area (Å²) in [5, 5.41) is 21.1. The molecule has 1 aliphatic rings. The quantitative estimate of drug-likeness (QED) is 0.209. The van der Waals surface area contributed by atoms with Crippen molar-refractivity contribution < 1.29 is 19.0 Å². The highest BCUT2D eigenvalue weighted by Crippen LogP contribution is 2.31. The van der Waals surface area contributed by atoms with Gasteiger partial charge in [-0.3, -0.25) is 4.79 Å². The maximum atomic E-state index is 13.1. The first-order valence-electron chi connectivity index (χ1n) is 13.8. The van der Waals surface area contributed by atoms with Crippen molar-refractivity contribution in [1.29, 1.82) is 0 Å². The molecule has 42 heavy (non-hydrogen) atoms. The molecule has 0 atom stereocenters. The monoisotopic (exact) mass is 566 g/mol. The summed E-state index contributed by atoms with van der Waals surface area (Å²) in [6, 6.07) is 22.4. The predicted molar refractivity (Wildman–Crippen MR) is 160 cm³/mol. The predicted octanol–water partition coefficient (Wildman–Crippen LogP) is 5.64. The van der Waals surface area contributed by atoms with Crippen molar-refractivity contribution in [2.45, 2.75) is 25.4 Å². The molecule has 0 bridgehead atoms. The molecule has 3 heterocycles. The minimum atomic E-state index is -0.329. The van der Waals surface area contributed by atoms with Gasteiger partial charge in [0.15, 0.2) is 5.65 Å². The minimum absolute atomic E-state index is 0.0600. The lowest BCUT2D eigenvalue weighted by molar-refractivity contribution is -0.115. The van der Waals surface area contributed by atoms with Crippen molar-refractivity contribution in [2.75, 3.05) is 30.8 Å². The Balaban J connectivity index is 1.09. The fourth-order valence-corrected chi connectivity index (χ4v) is 4.95. The number of nitrogens with zero attached hydrogens (tertiary/aromatic N) is 4. The van der Waals surface area contributed by atoms with Crippen molar-refractivity contribution in [3.8, 4) is 22.6 Å². The first-order chi connectivity index (χ1) is 20.4. The third kappa shape index (κ3) is 6.50. The molecule has 2 aromatic heterocycles. The van der Waals surface area contributed by atoms with E-state index in [1.807, 2.05) is 48.7 Å². The van der Waals surface area contributed by atoms with Gasteiger partial charge in [0, 0.05) is 36.6 Å². The van der Waals surface area contributed by atoms with Gasteiger partial charge in [0.25, 0.3) is 0 Å². The van der Waals surface area contributed by atoms with Gasteiger partial charge in [-0.2, -0.15) is 4.98 Å². The average molecular weight is 567 g/mol. The van der Waals surface area contributed by atoms with Crippen LogP contribution in [0.4, 0.5) is 21.7 Å². The molecule has 0 saturated carbocycles. The number of aromatic hydroxyl groups is 1. The average Bonchev–Trinajstić information content (AvgIpc) is 3.39. The summed E-state index contributed by atoms with van der Waals surface area (Å²) in [7, 11) is 2.11. The Hall–Kier alpha value is -4.96. The lowest BCUT2D eigenvalue weighted by atomic mass is 10.1. The van der Waals surface area contributed by atoms with Crippen molar-refractivity contribution >= 4 is 28.9 Å². The van der Waals surface area contributed by atoms with Gasteiger partial charge in [0.2, 0.25) is 11.9 Å². The van der Waals surface area contributed by atoms with Crippen LogP contribution >= 0.6 is 0 Å². The van der Waals surface area contributed by atoms with E-state index in [0.717, 1.165) is 42.6 Å². The number of hydrogen-bond donors (Lipinski definition) is 3. The summed E-state index contributed by atoms with van der Waals surface area (Å²) in [5.74, 6) is 0.544. The number of fused-ring (bicyclic) bond motifs is 1. The fraction of sp³-hybridized carbons (Fsp3) is 0.219. The van der Waals surface area contributed by atoms with Crippen LogP contribution in [0.5, 0.6) is 11.5 Å². The zero-order chi connectivity index (χ0) is 29.1. The molecule has 5 aromatic rings. The molecule has 0 aliphatic carbocycles. The van der Waals surface area contributed by atoms with Crippen LogP contribution in [0.15, 0.2) is 85.1 Å². The van der Waals surface area contributed by atoms with Crippen LogP contribution in [0.2, 0.25) is 0 Å². The van der Waals surface area contributed by atoms with Crippen LogP contribution in [0.1, 0.15) is 18.4 Å². The van der Waals surface area contributed by atoms with Crippen LogP contribution in [0.25, 0.3) is 16.8 Å². The van der Waals surface area contributed by atoms with Gasteiger partial charge in [-0.15, -0.1) is 5.10 Å². The Bertz CT molecular complexity index is 1700. The Kier molecular flexibility index (Phi) is 7.70. The molecule has 1 amide bonds. The van der Waals surface area contributed by atoms with E-state index < -0.39 is 0 Å². The number of piperidine rings is 1. The first kappa shape index (κ1) is 27.2. The lowest BCUT2D eigenvalue weighted by Gasteiger charge is -2.29. The van der Waals surface area contributed by atoms with Crippen LogP contribution < -0.4 is 15.4 Å². The molecule has 3 aromatic carbocycles. The summed E-state index contributed by atoms with van der Waals surface area (Å²) >= 11 is 0. The van der Waals surface area contributed by atoms with E-state index in [4.69, 9.17) is 4.74 Å². The number of amides is 1. The summed E-state index contributed by atoms with van der Waals surface area (Å²) < 4.78 is 20.8. The highest BCUT2D eigenvalue weighted by Gasteiger charge is 2.18. The Morgan fingerprint density at radius 3 is 2.48 bits per heavy atom. The van der Waals surface area contributed by atoms with Crippen molar-refractivity contribution in [2.24, 2.45) is 0 Å². The molecule has 214 valence electrons. The third-order valence-corrected chi connectivity index (χ3v) is 7.29. The molecule has 1 saturated heterocycles. The summed E-state index contributed by atoms with van der Waals surface area (Å²) in [6.45, 7) is 2.00. The number of carbonyl (C=O) groups is 1. The summed E-state index contributed by atoms with van der Waals surface area (Å²) in [6.07, 6.45) is 4.11. The molecule has 6 rings (SSSR count). The molecule has 0 radical (unpaired) electrons. The molecular weight excluding hydrogens is 535 g/mol. The summed E-state index contributed by atoms with van der Waals surface area (Å²) in [4.78, 5) is 19.2. The van der Waals surface area contributed by atoms with Crippen LogP contribution in [0, 0.1) is 5.82 Å². The Morgan fingerprint density at radius 1 is 1.00 bits per heavy atom. The number of ether oxygens (including phenoxy) is 1. The number of phenols is 1. The minimum Gasteiger partial charge on any atom is -0.506 e. The largest absolute Gasteiger partial charge is 0.506 e. The van der Waals surface area contributed by atoms with Crippen molar-refractivity contribution in [1.82, 2.24) is 19.5 Å². The van der Waals surface area contributed by atoms with E-state index in [-0.39, 0.29) is 30.0 Å². The number of aromatic nitrogens is 3. The third-order valence-electron chi connectivity index (χ3n) is 7.29. The molecule has 9 nitrogen and oxygen atoms in total. The smallest absolute Gasteiger partial charge is 0.247 e. The van der Waals surface area contributed by atoms with Crippen LogP contribution in [0.3, 0.4) is 0 Å². The second-order valence-electron chi connectivity index (χ2n) is 10.5. The molecule has 0 unspecified atom stereocenters. The Morgan fingerprint density at radius 2 is 1.74 bits per heavy atom. The lowest BCUT2D eigenvalue weighted by Crippen LogP contribution is -2.35. The number of likely N-dealkylation sites (tertiary alicyclic amines) is 1. The van der Waals surface area contributed by atoms with Crippen molar-refractivity contribution in [3.63, 3.8) is 0 Å². The van der Waals surface area contributed by atoms with Crippen LogP contribution in [-0.4, -0.2) is 56.8 Å².